The van der Waals surface area contributed by atoms with Crippen molar-refractivity contribution >= 4 is 29.1 Å². The van der Waals surface area contributed by atoms with E-state index < -0.39 is 5.91 Å². The number of amides is 3. The number of halogens is 1. The maximum absolute atomic E-state index is 12.9. The molecule has 30 heavy (non-hydrogen) atoms. The second-order valence-corrected chi connectivity index (χ2v) is 7.10. The molecule has 0 bridgehead atoms. The van der Waals surface area contributed by atoms with Crippen molar-refractivity contribution in [2.45, 2.75) is 0 Å². The molecule has 2 aromatic rings. The van der Waals surface area contributed by atoms with Crippen LogP contribution in [0.4, 0.5) is 15.8 Å². The van der Waals surface area contributed by atoms with Crippen LogP contribution in [-0.4, -0.2) is 66.8 Å². The molecule has 0 radical (unpaired) electrons. The Morgan fingerprint density at radius 2 is 1.17 bits per heavy atom. The third-order valence-electron chi connectivity index (χ3n) is 4.78. The van der Waals surface area contributed by atoms with Gasteiger partial charge in [0.1, 0.15) is 5.82 Å². The van der Waals surface area contributed by atoms with Crippen LogP contribution in [0.3, 0.4) is 0 Å². The number of nitrogens with one attached hydrogen (secondary N) is 2. The lowest BCUT2D eigenvalue weighted by molar-refractivity contribution is -0.120. The summed E-state index contributed by atoms with van der Waals surface area (Å²) in [4.78, 5) is 39.5. The summed E-state index contributed by atoms with van der Waals surface area (Å²) >= 11 is 0. The van der Waals surface area contributed by atoms with Crippen molar-refractivity contribution in [1.82, 2.24) is 9.80 Å². The van der Waals surface area contributed by atoms with E-state index in [1.807, 2.05) is 9.80 Å². The predicted molar refractivity (Wildman–Crippen MR) is 111 cm³/mol. The summed E-state index contributed by atoms with van der Waals surface area (Å²) in [5, 5.41) is 5.54. The second kappa shape index (κ2) is 9.95. The third kappa shape index (κ3) is 6.36. The number of primary amides is 1. The number of hydrogen-bond acceptors (Lipinski definition) is 5. The average Bonchev–Trinajstić information content (AvgIpc) is 2.71. The molecule has 1 saturated heterocycles. The molecular formula is C21H24FN5O3. The molecule has 3 rings (SSSR count). The Balaban J connectivity index is 1.38. The largest absolute Gasteiger partial charge is 0.366 e. The molecule has 0 aromatic heterocycles. The molecule has 9 heteroatoms. The quantitative estimate of drug-likeness (QED) is 0.631. The number of hydrogen-bond donors (Lipinski definition) is 3. The van der Waals surface area contributed by atoms with E-state index in [0.29, 0.717) is 43.1 Å². The molecule has 1 aliphatic heterocycles. The second-order valence-electron chi connectivity index (χ2n) is 7.10. The zero-order valence-corrected chi connectivity index (χ0v) is 16.4. The highest BCUT2D eigenvalue weighted by atomic mass is 19.1. The first-order chi connectivity index (χ1) is 14.4. The summed E-state index contributed by atoms with van der Waals surface area (Å²) in [6.07, 6.45) is 0. The molecule has 8 nitrogen and oxygen atoms in total. The molecule has 0 aliphatic carbocycles. The molecule has 4 N–H and O–H groups in total. The van der Waals surface area contributed by atoms with Crippen molar-refractivity contribution in [1.29, 1.82) is 0 Å². The van der Waals surface area contributed by atoms with Gasteiger partial charge in [-0.25, -0.2) is 4.39 Å². The number of carbonyl (C=O) groups excluding carboxylic acids is 3. The zero-order chi connectivity index (χ0) is 21.5. The van der Waals surface area contributed by atoms with Crippen molar-refractivity contribution in [3.8, 4) is 0 Å². The Morgan fingerprint density at radius 3 is 1.57 bits per heavy atom. The summed E-state index contributed by atoms with van der Waals surface area (Å²) in [7, 11) is 0. The molecule has 0 saturated carbocycles. The fraction of sp³-hybridized carbons (Fsp3) is 0.286. The lowest BCUT2D eigenvalue weighted by Gasteiger charge is -2.33. The number of nitrogens with zero attached hydrogens (tertiary/aromatic N) is 2. The fourth-order valence-corrected chi connectivity index (χ4v) is 3.16. The number of rotatable bonds is 7. The smallest absolute Gasteiger partial charge is 0.248 e. The summed E-state index contributed by atoms with van der Waals surface area (Å²) in [6.45, 7) is 3.14. The van der Waals surface area contributed by atoms with Crippen LogP contribution in [0.25, 0.3) is 0 Å². The van der Waals surface area contributed by atoms with E-state index in [0.717, 1.165) is 0 Å². The SMILES string of the molecule is NC(=O)c1ccc(NC(=O)CN2CCN(CC(=O)Nc3ccc(F)cc3)CC2)cc1. The lowest BCUT2D eigenvalue weighted by Crippen LogP contribution is -2.50. The van der Waals surface area contributed by atoms with E-state index >= 15 is 0 Å². The number of piperazine rings is 1. The third-order valence-corrected chi connectivity index (χ3v) is 4.78. The van der Waals surface area contributed by atoms with Gasteiger partial charge in [-0.05, 0) is 48.5 Å². The van der Waals surface area contributed by atoms with Gasteiger partial charge in [-0.15, -0.1) is 0 Å². The molecule has 0 unspecified atom stereocenters. The van der Waals surface area contributed by atoms with E-state index in [2.05, 4.69) is 10.6 Å². The molecule has 0 spiro atoms. The number of anilines is 2. The first-order valence-electron chi connectivity index (χ1n) is 9.59. The normalized spacial score (nSPS) is 14.8. The minimum atomic E-state index is -0.517. The van der Waals surface area contributed by atoms with Crippen LogP contribution in [-0.2, 0) is 9.59 Å². The van der Waals surface area contributed by atoms with E-state index in [4.69, 9.17) is 5.73 Å². The molecule has 1 aliphatic rings. The van der Waals surface area contributed by atoms with Crippen LogP contribution in [0, 0.1) is 5.82 Å². The van der Waals surface area contributed by atoms with Gasteiger partial charge in [0.15, 0.2) is 0 Å². The van der Waals surface area contributed by atoms with Crippen LogP contribution in [0.5, 0.6) is 0 Å². The van der Waals surface area contributed by atoms with Crippen LogP contribution >= 0.6 is 0 Å². The number of nitrogens with two attached hydrogens (primary N) is 1. The minimum absolute atomic E-state index is 0.149. The zero-order valence-electron chi connectivity index (χ0n) is 16.4. The van der Waals surface area contributed by atoms with Gasteiger partial charge in [-0.2, -0.15) is 0 Å². The predicted octanol–water partition coefficient (Wildman–Crippen LogP) is 1.12. The van der Waals surface area contributed by atoms with Crippen LogP contribution in [0.2, 0.25) is 0 Å². The summed E-state index contributed by atoms with van der Waals surface area (Å²) < 4.78 is 12.9. The molecular weight excluding hydrogens is 389 g/mol. The van der Waals surface area contributed by atoms with Crippen molar-refractivity contribution in [2.24, 2.45) is 5.73 Å². The Hall–Kier alpha value is -3.30. The highest BCUT2D eigenvalue weighted by Crippen LogP contribution is 2.11. The number of carbonyl (C=O) groups is 3. The minimum Gasteiger partial charge on any atom is -0.366 e. The van der Waals surface area contributed by atoms with Crippen LogP contribution in [0.1, 0.15) is 10.4 Å². The van der Waals surface area contributed by atoms with Crippen LogP contribution < -0.4 is 16.4 Å². The van der Waals surface area contributed by atoms with E-state index in [1.54, 1.807) is 24.3 Å². The van der Waals surface area contributed by atoms with E-state index in [1.165, 1.54) is 24.3 Å². The summed E-state index contributed by atoms with van der Waals surface area (Å²) in [6, 6.07) is 12.0. The van der Waals surface area contributed by atoms with Gasteiger partial charge in [-0.3, -0.25) is 24.2 Å². The first kappa shape index (κ1) is 21.4. The van der Waals surface area contributed by atoms with Gasteiger partial charge in [0.2, 0.25) is 17.7 Å². The Kier molecular flexibility index (Phi) is 7.10. The molecule has 3 amide bonds. The molecule has 0 atom stereocenters. The average molecular weight is 413 g/mol. The first-order valence-corrected chi connectivity index (χ1v) is 9.59. The summed E-state index contributed by atoms with van der Waals surface area (Å²) in [5.74, 6) is -1.18. The van der Waals surface area contributed by atoms with Gasteiger partial charge in [-0.1, -0.05) is 0 Å². The fourth-order valence-electron chi connectivity index (χ4n) is 3.16. The highest BCUT2D eigenvalue weighted by molar-refractivity contribution is 5.95. The summed E-state index contributed by atoms with van der Waals surface area (Å²) in [5.41, 5.74) is 6.73. The maximum atomic E-state index is 12.9. The van der Waals surface area contributed by atoms with Crippen molar-refractivity contribution in [3.63, 3.8) is 0 Å². The van der Waals surface area contributed by atoms with Gasteiger partial charge < -0.3 is 16.4 Å². The number of benzene rings is 2. The molecule has 1 heterocycles. The van der Waals surface area contributed by atoms with E-state index in [-0.39, 0.29) is 30.7 Å². The Labute approximate surface area is 173 Å². The lowest BCUT2D eigenvalue weighted by atomic mass is 10.2. The van der Waals surface area contributed by atoms with Gasteiger partial charge in [0.05, 0.1) is 13.1 Å². The Bertz CT molecular complexity index is 894. The monoisotopic (exact) mass is 413 g/mol. The van der Waals surface area contributed by atoms with Gasteiger partial charge in [0.25, 0.3) is 0 Å². The van der Waals surface area contributed by atoms with Crippen molar-refractivity contribution in [2.75, 3.05) is 49.9 Å². The topological polar surface area (TPSA) is 108 Å². The van der Waals surface area contributed by atoms with Crippen LogP contribution in [0.15, 0.2) is 48.5 Å². The van der Waals surface area contributed by atoms with E-state index in [9.17, 15) is 18.8 Å². The van der Waals surface area contributed by atoms with Gasteiger partial charge in [0, 0.05) is 43.1 Å². The molecule has 1 fully saturated rings. The molecule has 2 aromatic carbocycles. The Morgan fingerprint density at radius 1 is 0.767 bits per heavy atom. The highest BCUT2D eigenvalue weighted by Gasteiger charge is 2.20. The van der Waals surface area contributed by atoms with Crippen molar-refractivity contribution in [3.05, 3.63) is 59.9 Å². The standard InChI is InChI=1S/C21H24FN5O3/c22-16-3-7-18(8-4-16)25-20(29)14-27-11-9-26(10-12-27)13-19(28)24-17-5-1-15(2-6-17)21(23)30/h1-8H,9-14H2,(H2,23,30)(H,24,28)(H,25,29). The van der Waals surface area contributed by atoms with Crippen molar-refractivity contribution < 1.29 is 18.8 Å². The van der Waals surface area contributed by atoms with Gasteiger partial charge >= 0.3 is 0 Å². The molecule has 158 valence electrons. The maximum Gasteiger partial charge on any atom is 0.248 e.